The van der Waals surface area contributed by atoms with E-state index < -0.39 is 17.8 Å². The Balaban J connectivity index is 1.51. The van der Waals surface area contributed by atoms with E-state index in [9.17, 15) is 18.0 Å². The molecule has 1 saturated carbocycles. The zero-order chi connectivity index (χ0) is 22.3. The van der Waals surface area contributed by atoms with Gasteiger partial charge in [0.15, 0.2) is 5.69 Å². The largest absolute Gasteiger partial charge is 0.435 e. The Labute approximate surface area is 182 Å². The standard InChI is InChI=1S/C21H21ClF3N5O/c1-12-20(13(2)29(27-12)10-14-4-3-5-16(22)8-14)26-19(31)11-30-17(15-6-7-15)9-18(28-30)21(23,24)25/h3-5,8-9,15H,6-7,10-11H2,1-2H3,(H,26,31). The number of aryl methyl sites for hydroxylation is 1. The van der Waals surface area contributed by atoms with Crippen molar-refractivity contribution >= 4 is 23.2 Å². The molecule has 0 radical (unpaired) electrons. The van der Waals surface area contributed by atoms with Crippen LogP contribution >= 0.6 is 11.6 Å². The fraction of sp³-hybridized carbons (Fsp3) is 0.381. The first kappa shape index (κ1) is 21.4. The number of nitrogens with zero attached hydrogens (tertiary/aromatic N) is 4. The molecule has 2 aromatic heterocycles. The van der Waals surface area contributed by atoms with E-state index in [-0.39, 0.29) is 12.5 Å². The van der Waals surface area contributed by atoms with Gasteiger partial charge >= 0.3 is 6.18 Å². The van der Waals surface area contributed by atoms with Gasteiger partial charge < -0.3 is 5.32 Å². The maximum atomic E-state index is 13.1. The maximum Gasteiger partial charge on any atom is 0.435 e. The third-order valence-electron chi connectivity index (χ3n) is 5.26. The Morgan fingerprint density at radius 3 is 2.58 bits per heavy atom. The first-order chi connectivity index (χ1) is 14.6. The summed E-state index contributed by atoms with van der Waals surface area (Å²) in [4.78, 5) is 12.6. The number of carbonyl (C=O) groups excluding carboxylic acids is 1. The fourth-order valence-corrected chi connectivity index (χ4v) is 3.77. The molecule has 3 aromatic rings. The van der Waals surface area contributed by atoms with Gasteiger partial charge in [-0.3, -0.25) is 14.2 Å². The summed E-state index contributed by atoms with van der Waals surface area (Å²) in [6, 6.07) is 8.45. The summed E-state index contributed by atoms with van der Waals surface area (Å²) in [5.41, 5.74) is 2.34. The van der Waals surface area contributed by atoms with Gasteiger partial charge in [-0.05, 0) is 50.5 Å². The van der Waals surface area contributed by atoms with Gasteiger partial charge in [0.1, 0.15) is 6.54 Å². The number of alkyl halides is 3. The van der Waals surface area contributed by atoms with Gasteiger partial charge in [-0.15, -0.1) is 0 Å². The number of halogens is 4. The number of amides is 1. The van der Waals surface area contributed by atoms with Gasteiger partial charge in [0.05, 0.1) is 23.6 Å². The number of carbonyl (C=O) groups is 1. The second-order valence-corrected chi connectivity index (χ2v) is 8.20. The Hall–Kier alpha value is -2.81. The summed E-state index contributed by atoms with van der Waals surface area (Å²) in [5, 5.41) is 11.5. The smallest absolute Gasteiger partial charge is 0.321 e. The average Bonchev–Trinajstić information content (AvgIpc) is 3.38. The van der Waals surface area contributed by atoms with E-state index in [0.29, 0.717) is 28.6 Å². The van der Waals surface area contributed by atoms with Crippen LogP contribution in [0.1, 0.15) is 47.1 Å². The quantitative estimate of drug-likeness (QED) is 0.577. The molecule has 6 nitrogen and oxygen atoms in total. The van der Waals surface area contributed by atoms with Crippen LogP contribution in [0.15, 0.2) is 30.3 Å². The molecule has 0 bridgehead atoms. The lowest BCUT2D eigenvalue weighted by Crippen LogP contribution is -2.22. The highest BCUT2D eigenvalue weighted by molar-refractivity contribution is 6.30. The average molecular weight is 452 g/mol. The van der Waals surface area contributed by atoms with Crippen molar-refractivity contribution in [1.29, 1.82) is 0 Å². The zero-order valence-corrected chi connectivity index (χ0v) is 17.8. The number of benzene rings is 1. The van der Waals surface area contributed by atoms with E-state index in [4.69, 9.17) is 11.6 Å². The molecule has 0 aliphatic heterocycles. The Morgan fingerprint density at radius 1 is 1.19 bits per heavy atom. The molecule has 1 amide bonds. The summed E-state index contributed by atoms with van der Waals surface area (Å²) < 4.78 is 42.1. The second kappa shape index (κ2) is 8.03. The van der Waals surface area contributed by atoms with Crippen molar-refractivity contribution in [3.05, 3.63) is 63.7 Å². The number of rotatable bonds is 6. The molecular formula is C21H21ClF3N5O. The number of aromatic nitrogens is 4. The van der Waals surface area contributed by atoms with Crippen molar-refractivity contribution in [2.24, 2.45) is 0 Å². The van der Waals surface area contributed by atoms with Crippen molar-refractivity contribution < 1.29 is 18.0 Å². The lowest BCUT2D eigenvalue weighted by atomic mass is 10.2. The van der Waals surface area contributed by atoms with Crippen LogP contribution in [0.4, 0.5) is 18.9 Å². The third kappa shape index (κ3) is 4.76. The van der Waals surface area contributed by atoms with Crippen molar-refractivity contribution in [3.63, 3.8) is 0 Å². The predicted molar refractivity (Wildman–Crippen MR) is 110 cm³/mol. The molecule has 1 N–H and O–H groups in total. The van der Waals surface area contributed by atoms with Crippen LogP contribution in [0.2, 0.25) is 5.02 Å². The van der Waals surface area contributed by atoms with Crippen LogP contribution < -0.4 is 5.32 Å². The number of hydrogen-bond donors (Lipinski definition) is 1. The minimum atomic E-state index is -4.54. The third-order valence-corrected chi connectivity index (χ3v) is 5.49. The van der Waals surface area contributed by atoms with Gasteiger partial charge in [0.2, 0.25) is 5.91 Å². The van der Waals surface area contributed by atoms with Gasteiger partial charge in [0.25, 0.3) is 0 Å². The molecule has 1 fully saturated rings. The maximum absolute atomic E-state index is 13.1. The van der Waals surface area contributed by atoms with Crippen LogP contribution in [-0.4, -0.2) is 25.5 Å². The molecule has 0 saturated heterocycles. The monoisotopic (exact) mass is 451 g/mol. The molecule has 4 rings (SSSR count). The highest BCUT2D eigenvalue weighted by atomic mass is 35.5. The summed E-state index contributed by atoms with van der Waals surface area (Å²) in [6.07, 6.45) is -2.93. The van der Waals surface area contributed by atoms with Crippen molar-refractivity contribution in [3.8, 4) is 0 Å². The lowest BCUT2D eigenvalue weighted by molar-refractivity contribution is -0.141. The van der Waals surface area contributed by atoms with E-state index in [1.165, 1.54) is 0 Å². The number of nitrogens with one attached hydrogen (secondary N) is 1. The van der Waals surface area contributed by atoms with Crippen molar-refractivity contribution in [2.45, 2.75) is 51.9 Å². The molecule has 1 aliphatic rings. The Morgan fingerprint density at radius 2 is 1.94 bits per heavy atom. The van der Waals surface area contributed by atoms with Crippen molar-refractivity contribution in [2.75, 3.05) is 5.32 Å². The molecule has 0 spiro atoms. The first-order valence-corrected chi connectivity index (χ1v) is 10.2. The summed E-state index contributed by atoms with van der Waals surface area (Å²) >= 11 is 6.04. The van der Waals surface area contributed by atoms with Gasteiger partial charge in [0, 0.05) is 16.6 Å². The van der Waals surface area contributed by atoms with E-state index in [1.54, 1.807) is 17.7 Å². The molecule has 2 heterocycles. The normalized spacial score (nSPS) is 14.1. The Kier molecular flexibility index (Phi) is 5.55. The number of anilines is 1. The van der Waals surface area contributed by atoms with Crippen LogP contribution in [-0.2, 0) is 24.1 Å². The molecule has 0 atom stereocenters. The molecule has 0 unspecified atom stereocenters. The molecule has 10 heteroatoms. The summed E-state index contributed by atoms with van der Waals surface area (Å²) in [6.45, 7) is 3.77. The fourth-order valence-electron chi connectivity index (χ4n) is 3.56. The van der Waals surface area contributed by atoms with E-state index in [1.807, 2.05) is 25.1 Å². The molecular weight excluding hydrogens is 431 g/mol. The first-order valence-electron chi connectivity index (χ1n) is 9.85. The SMILES string of the molecule is Cc1nn(Cc2cccc(Cl)c2)c(C)c1NC(=O)Cn1nc(C(F)(F)F)cc1C1CC1. The van der Waals surface area contributed by atoms with Crippen molar-refractivity contribution in [1.82, 2.24) is 19.6 Å². The summed E-state index contributed by atoms with van der Waals surface area (Å²) in [7, 11) is 0. The van der Waals surface area contributed by atoms with Crippen LogP contribution in [0.5, 0.6) is 0 Å². The minimum absolute atomic E-state index is 0.0281. The van der Waals surface area contributed by atoms with Gasteiger partial charge in [-0.25, -0.2) is 0 Å². The van der Waals surface area contributed by atoms with E-state index in [2.05, 4.69) is 15.5 Å². The highest BCUT2D eigenvalue weighted by Crippen LogP contribution is 2.42. The van der Waals surface area contributed by atoms with Gasteiger partial charge in [-0.1, -0.05) is 23.7 Å². The molecule has 1 aromatic carbocycles. The zero-order valence-electron chi connectivity index (χ0n) is 17.0. The highest BCUT2D eigenvalue weighted by Gasteiger charge is 2.38. The lowest BCUT2D eigenvalue weighted by Gasteiger charge is -2.09. The molecule has 1 aliphatic carbocycles. The van der Waals surface area contributed by atoms with E-state index in [0.717, 1.165) is 34.8 Å². The van der Waals surface area contributed by atoms with Crippen LogP contribution in [0.25, 0.3) is 0 Å². The van der Waals surface area contributed by atoms with Gasteiger partial charge in [-0.2, -0.15) is 23.4 Å². The molecule has 164 valence electrons. The van der Waals surface area contributed by atoms with Crippen LogP contribution in [0, 0.1) is 13.8 Å². The number of hydrogen-bond acceptors (Lipinski definition) is 3. The minimum Gasteiger partial charge on any atom is -0.321 e. The Bertz CT molecular complexity index is 1130. The molecule has 31 heavy (non-hydrogen) atoms. The van der Waals surface area contributed by atoms with E-state index >= 15 is 0 Å². The summed E-state index contributed by atoms with van der Waals surface area (Å²) in [5.74, 6) is -0.424. The second-order valence-electron chi connectivity index (χ2n) is 7.77. The van der Waals surface area contributed by atoms with Crippen LogP contribution in [0.3, 0.4) is 0 Å². The topological polar surface area (TPSA) is 64.7 Å². The predicted octanol–water partition coefficient (Wildman–Crippen LogP) is 4.93.